The zero-order valence-electron chi connectivity index (χ0n) is 18.7. The Morgan fingerprint density at radius 3 is 2.45 bits per heavy atom. The van der Waals surface area contributed by atoms with Crippen LogP contribution in [-0.2, 0) is 16.1 Å². The lowest BCUT2D eigenvalue weighted by Gasteiger charge is -2.28. The molecule has 2 aliphatic rings. The average molecular weight is 400 g/mol. The number of carbonyl (C=O) groups is 1. The highest BCUT2D eigenvalue weighted by molar-refractivity contribution is 6.23. The van der Waals surface area contributed by atoms with Gasteiger partial charge in [0, 0.05) is 24.8 Å². The fourth-order valence-electron chi connectivity index (χ4n) is 4.79. The van der Waals surface area contributed by atoms with E-state index in [1.807, 2.05) is 13.8 Å². The predicted molar refractivity (Wildman–Crippen MR) is 115 cm³/mol. The summed E-state index contributed by atoms with van der Waals surface area (Å²) in [5.74, 6) is 0.941. The van der Waals surface area contributed by atoms with Crippen LogP contribution in [0.2, 0.25) is 0 Å². The summed E-state index contributed by atoms with van der Waals surface area (Å²) in [6, 6.07) is 0. The second kappa shape index (κ2) is 7.85. The molecule has 5 heteroatoms. The smallest absolute Gasteiger partial charge is 0.168 e. The third kappa shape index (κ3) is 3.79. The third-order valence-electron chi connectivity index (χ3n) is 6.19. The summed E-state index contributed by atoms with van der Waals surface area (Å²) in [6.07, 6.45) is 2.21. The number of hydrogen-bond donors (Lipinski definition) is 1. The minimum Gasteiger partial charge on any atom is -0.511 e. The third-order valence-corrected chi connectivity index (χ3v) is 6.19. The van der Waals surface area contributed by atoms with Crippen molar-refractivity contribution in [2.24, 2.45) is 5.16 Å². The van der Waals surface area contributed by atoms with Gasteiger partial charge >= 0.3 is 0 Å². The van der Waals surface area contributed by atoms with Gasteiger partial charge in [-0.25, -0.2) is 0 Å². The van der Waals surface area contributed by atoms with Crippen molar-refractivity contribution in [3.05, 3.63) is 39.1 Å². The van der Waals surface area contributed by atoms with Gasteiger partial charge in [-0.1, -0.05) is 12.1 Å². The summed E-state index contributed by atoms with van der Waals surface area (Å²) < 4.78 is 6.27. The first-order valence-electron chi connectivity index (χ1n) is 10.6. The fraction of sp³-hybridized carbons (Fsp3) is 0.583. The number of aliphatic hydroxyl groups is 1. The van der Waals surface area contributed by atoms with Gasteiger partial charge in [-0.3, -0.25) is 4.79 Å². The van der Waals surface area contributed by atoms with E-state index in [2.05, 4.69) is 39.8 Å². The van der Waals surface area contributed by atoms with E-state index in [0.29, 0.717) is 37.2 Å². The number of aliphatic hydroxyl groups excluding tert-OH is 1. The van der Waals surface area contributed by atoms with Gasteiger partial charge in [-0.15, -0.1) is 0 Å². The number of hydrogen-bond acceptors (Lipinski definition) is 5. The summed E-state index contributed by atoms with van der Waals surface area (Å²) in [7, 11) is 0. The van der Waals surface area contributed by atoms with E-state index < -0.39 is 0 Å². The van der Waals surface area contributed by atoms with E-state index in [1.165, 1.54) is 16.7 Å². The molecule has 0 amide bonds. The van der Waals surface area contributed by atoms with Crippen molar-refractivity contribution in [1.29, 1.82) is 0 Å². The SMILES string of the molecule is CCO/N=C(/CC)C1=C(O)CC(c2c(C)c(C)c3c(c2C)OC(C)(C)C3)CC1=O. The first kappa shape index (κ1) is 21.4. The highest BCUT2D eigenvalue weighted by Gasteiger charge is 2.38. The van der Waals surface area contributed by atoms with Gasteiger partial charge in [0.05, 0.1) is 11.3 Å². The quantitative estimate of drug-likeness (QED) is 0.533. The molecular weight excluding hydrogens is 366 g/mol. The van der Waals surface area contributed by atoms with Crippen LogP contribution in [0.25, 0.3) is 0 Å². The summed E-state index contributed by atoms with van der Waals surface area (Å²) in [5, 5.41) is 14.8. The number of ether oxygens (including phenoxy) is 1. The molecule has 5 nitrogen and oxygen atoms in total. The minimum absolute atomic E-state index is 0.0623. The summed E-state index contributed by atoms with van der Waals surface area (Å²) in [4.78, 5) is 18.2. The minimum atomic E-state index is -0.216. The van der Waals surface area contributed by atoms with Gasteiger partial charge < -0.3 is 14.7 Å². The van der Waals surface area contributed by atoms with E-state index in [-0.39, 0.29) is 23.1 Å². The molecule has 0 saturated carbocycles. The zero-order valence-corrected chi connectivity index (χ0v) is 18.7. The number of allylic oxidation sites excluding steroid dienone is 2. The first-order chi connectivity index (χ1) is 13.6. The predicted octanol–water partition coefficient (Wildman–Crippen LogP) is 5.39. The standard InChI is InChI=1S/C24H33NO4/c1-8-18(25-28-9-2)22-19(26)10-16(11-20(22)27)21-14(4)13(3)17-12-24(6,7)29-23(17)15(21)5/h16,26H,8-12H2,1-7H3/b25-18-. The molecule has 0 fully saturated rings. The number of benzene rings is 1. The van der Waals surface area contributed by atoms with Crippen LogP contribution in [0.1, 0.15) is 80.7 Å². The molecule has 1 aromatic rings. The molecular formula is C24H33NO4. The van der Waals surface area contributed by atoms with Gasteiger partial charge in [0.1, 0.15) is 23.7 Å². The Morgan fingerprint density at radius 2 is 1.86 bits per heavy atom. The Morgan fingerprint density at radius 1 is 1.17 bits per heavy atom. The molecule has 1 aliphatic carbocycles. The van der Waals surface area contributed by atoms with Crippen molar-refractivity contribution < 1.29 is 19.5 Å². The Labute approximate surface area is 173 Å². The second-order valence-electron chi connectivity index (χ2n) is 8.79. The van der Waals surface area contributed by atoms with Gasteiger partial charge in [0.15, 0.2) is 5.78 Å². The van der Waals surface area contributed by atoms with E-state index in [1.54, 1.807) is 0 Å². The van der Waals surface area contributed by atoms with Crippen molar-refractivity contribution in [1.82, 2.24) is 0 Å². The Hall–Kier alpha value is -2.30. The Kier molecular flexibility index (Phi) is 5.79. The zero-order chi connectivity index (χ0) is 21.5. The first-order valence-corrected chi connectivity index (χ1v) is 10.6. The maximum atomic E-state index is 13.0. The molecule has 1 aromatic carbocycles. The average Bonchev–Trinajstić information content (AvgIpc) is 2.98. The van der Waals surface area contributed by atoms with Crippen molar-refractivity contribution in [2.75, 3.05) is 6.61 Å². The fourth-order valence-corrected chi connectivity index (χ4v) is 4.79. The molecule has 0 saturated heterocycles. The lowest BCUT2D eigenvalue weighted by atomic mass is 9.76. The van der Waals surface area contributed by atoms with E-state index in [0.717, 1.165) is 23.3 Å². The van der Waals surface area contributed by atoms with Crippen molar-refractivity contribution in [3.8, 4) is 5.75 Å². The largest absolute Gasteiger partial charge is 0.511 e. The monoisotopic (exact) mass is 399 g/mol. The van der Waals surface area contributed by atoms with Gasteiger partial charge in [-0.2, -0.15) is 0 Å². The number of nitrogens with zero attached hydrogens (tertiary/aromatic N) is 1. The Bertz CT molecular complexity index is 908. The van der Waals surface area contributed by atoms with Gasteiger partial charge in [0.25, 0.3) is 0 Å². The molecule has 1 unspecified atom stereocenters. The van der Waals surface area contributed by atoms with Crippen LogP contribution in [0.4, 0.5) is 0 Å². The van der Waals surface area contributed by atoms with E-state index >= 15 is 0 Å². The van der Waals surface area contributed by atoms with E-state index in [9.17, 15) is 9.90 Å². The highest BCUT2D eigenvalue weighted by Crippen LogP contribution is 2.47. The summed E-state index contributed by atoms with van der Waals surface area (Å²) in [5.41, 5.74) is 6.59. The maximum Gasteiger partial charge on any atom is 0.168 e. The molecule has 158 valence electrons. The van der Waals surface area contributed by atoms with Crippen LogP contribution in [-0.4, -0.2) is 28.8 Å². The molecule has 1 N–H and O–H groups in total. The van der Waals surface area contributed by atoms with Crippen LogP contribution >= 0.6 is 0 Å². The number of Topliss-reactive ketones (excluding diaryl/α,β-unsaturated/α-hetero) is 1. The molecule has 1 aliphatic heterocycles. The van der Waals surface area contributed by atoms with Crippen LogP contribution in [0.3, 0.4) is 0 Å². The molecule has 0 spiro atoms. The molecule has 1 heterocycles. The number of rotatable bonds is 5. The lowest BCUT2D eigenvalue weighted by molar-refractivity contribution is -0.116. The molecule has 0 aromatic heterocycles. The summed E-state index contributed by atoms with van der Waals surface area (Å²) in [6.45, 7) is 14.7. The maximum absolute atomic E-state index is 13.0. The van der Waals surface area contributed by atoms with Crippen molar-refractivity contribution in [3.63, 3.8) is 0 Å². The number of carbonyl (C=O) groups excluding carboxylic acids is 1. The van der Waals surface area contributed by atoms with E-state index in [4.69, 9.17) is 9.57 Å². The molecule has 1 atom stereocenters. The molecule has 0 bridgehead atoms. The van der Waals surface area contributed by atoms with Crippen LogP contribution in [0.15, 0.2) is 16.5 Å². The second-order valence-corrected chi connectivity index (χ2v) is 8.79. The molecule has 3 rings (SSSR count). The lowest BCUT2D eigenvalue weighted by Crippen LogP contribution is -2.25. The molecule has 29 heavy (non-hydrogen) atoms. The van der Waals surface area contributed by atoms with Crippen molar-refractivity contribution in [2.45, 2.75) is 85.7 Å². The Balaban J connectivity index is 2.03. The summed E-state index contributed by atoms with van der Waals surface area (Å²) >= 11 is 0. The van der Waals surface area contributed by atoms with Crippen molar-refractivity contribution >= 4 is 11.5 Å². The van der Waals surface area contributed by atoms with Crippen LogP contribution in [0.5, 0.6) is 5.75 Å². The number of ketones is 1. The number of fused-ring (bicyclic) bond motifs is 1. The topological polar surface area (TPSA) is 68.1 Å². The van der Waals surface area contributed by atoms with Crippen LogP contribution in [0, 0.1) is 20.8 Å². The number of oxime groups is 1. The molecule has 0 radical (unpaired) electrons. The van der Waals surface area contributed by atoms with Gasteiger partial charge in [-0.05, 0) is 76.1 Å². The van der Waals surface area contributed by atoms with Gasteiger partial charge in [0.2, 0.25) is 0 Å². The normalized spacial score (nSPS) is 21.3. The van der Waals surface area contributed by atoms with Crippen LogP contribution < -0.4 is 4.74 Å². The highest BCUT2D eigenvalue weighted by atomic mass is 16.6.